The Morgan fingerprint density at radius 2 is 1.72 bits per heavy atom. The van der Waals surface area contributed by atoms with E-state index in [1.165, 1.54) is 7.11 Å². The van der Waals surface area contributed by atoms with Crippen molar-refractivity contribution in [3.63, 3.8) is 0 Å². The lowest BCUT2D eigenvalue weighted by molar-refractivity contribution is -0.140. The first-order valence-corrected chi connectivity index (χ1v) is 11.5. The molecule has 0 bridgehead atoms. The molecule has 36 heavy (non-hydrogen) atoms. The molecule has 0 spiro atoms. The topological polar surface area (TPSA) is 92.8 Å². The zero-order chi connectivity index (χ0) is 25.8. The first kappa shape index (κ1) is 24.8. The summed E-state index contributed by atoms with van der Waals surface area (Å²) in [7, 11) is 3.09. The molecule has 0 radical (unpaired) electrons. The van der Waals surface area contributed by atoms with Gasteiger partial charge in [-0.25, -0.2) is 0 Å². The van der Waals surface area contributed by atoms with Crippen LogP contribution < -0.4 is 9.47 Å². The highest BCUT2D eigenvalue weighted by Crippen LogP contribution is 2.31. The van der Waals surface area contributed by atoms with Crippen LogP contribution in [0.5, 0.6) is 11.5 Å². The van der Waals surface area contributed by atoms with Crippen molar-refractivity contribution in [3.8, 4) is 28.9 Å². The van der Waals surface area contributed by atoms with Crippen molar-refractivity contribution in [2.45, 2.75) is 13.3 Å². The van der Waals surface area contributed by atoms with Crippen molar-refractivity contribution < 1.29 is 23.5 Å². The summed E-state index contributed by atoms with van der Waals surface area (Å²) in [4.78, 5) is 27.4. The lowest BCUT2D eigenvalue weighted by Gasteiger charge is -2.27. The summed E-state index contributed by atoms with van der Waals surface area (Å²) in [6.07, 6.45) is 1.94. The molecule has 4 rings (SSSR count). The van der Waals surface area contributed by atoms with Crippen LogP contribution in [0.1, 0.15) is 18.2 Å². The number of hydrogen-bond acceptors (Lipinski definition) is 6. The van der Waals surface area contributed by atoms with Gasteiger partial charge in [-0.1, -0.05) is 17.7 Å². The van der Waals surface area contributed by atoms with Crippen LogP contribution in [-0.4, -0.2) is 37.5 Å². The van der Waals surface area contributed by atoms with Gasteiger partial charge in [-0.2, -0.15) is 5.26 Å². The van der Waals surface area contributed by atoms with E-state index in [2.05, 4.69) is 0 Å². The summed E-state index contributed by atoms with van der Waals surface area (Å²) in [5.41, 5.74) is 2.16. The highest BCUT2D eigenvalue weighted by atomic mass is 35.5. The minimum atomic E-state index is -0.612. The summed E-state index contributed by atoms with van der Waals surface area (Å²) in [6.45, 7) is 1.69. The predicted molar refractivity (Wildman–Crippen MR) is 135 cm³/mol. The first-order chi connectivity index (χ1) is 17.4. The standard InChI is InChI=1S/C28H23ClN2O5/c1-17-22(15-21-9-11-24(36-21)19-5-7-20(29)8-6-19)27(32)31(28(33)23(17)16-30)13-12-18-4-10-25(34-2)26(14-18)35-3/h4-11,14-15H,12-13H2,1-3H3/b22-15+. The highest BCUT2D eigenvalue weighted by molar-refractivity contribution is 6.30. The number of benzene rings is 2. The van der Waals surface area contributed by atoms with E-state index >= 15 is 0 Å². The van der Waals surface area contributed by atoms with E-state index in [4.69, 9.17) is 25.5 Å². The SMILES string of the molecule is COc1ccc(CCN2C(=O)C(C#N)=C(C)/C(=C\c3ccc(-c4ccc(Cl)cc4)o3)C2=O)cc1OC. The Kier molecular flexibility index (Phi) is 7.28. The molecular weight excluding hydrogens is 480 g/mol. The summed E-state index contributed by atoms with van der Waals surface area (Å²) < 4.78 is 16.5. The smallest absolute Gasteiger partial charge is 0.271 e. The maximum Gasteiger partial charge on any atom is 0.271 e. The van der Waals surface area contributed by atoms with E-state index in [1.54, 1.807) is 56.5 Å². The summed E-state index contributed by atoms with van der Waals surface area (Å²) >= 11 is 5.96. The van der Waals surface area contributed by atoms with Gasteiger partial charge in [0.05, 0.1) is 14.2 Å². The number of carbonyl (C=O) groups excluding carboxylic acids is 2. The second-order valence-corrected chi connectivity index (χ2v) is 8.52. The van der Waals surface area contributed by atoms with Gasteiger partial charge >= 0.3 is 0 Å². The molecule has 7 nitrogen and oxygen atoms in total. The van der Waals surface area contributed by atoms with Gasteiger partial charge in [-0.15, -0.1) is 0 Å². The van der Waals surface area contributed by atoms with Crippen LogP contribution in [0.2, 0.25) is 5.02 Å². The van der Waals surface area contributed by atoms with E-state index in [0.29, 0.717) is 40.0 Å². The molecule has 0 N–H and O–H groups in total. The molecule has 3 aromatic rings. The monoisotopic (exact) mass is 502 g/mol. The lowest BCUT2D eigenvalue weighted by atomic mass is 9.94. The van der Waals surface area contributed by atoms with E-state index in [0.717, 1.165) is 16.0 Å². The van der Waals surface area contributed by atoms with Gasteiger partial charge in [0.25, 0.3) is 11.8 Å². The number of nitrogens with zero attached hydrogens (tertiary/aromatic N) is 2. The molecule has 182 valence electrons. The largest absolute Gasteiger partial charge is 0.493 e. The Balaban J connectivity index is 1.61. The number of rotatable bonds is 7. The fourth-order valence-electron chi connectivity index (χ4n) is 3.95. The van der Waals surface area contributed by atoms with Crippen molar-refractivity contribution in [1.29, 1.82) is 5.26 Å². The van der Waals surface area contributed by atoms with Gasteiger partial charge in [-0.05, 0) is 79.1 Å². The number of imide groups is 1. The average molecular weight is 503 g/mol. The zero-order valence-electron chi connectivity index (χ0n) is 20.0. The Morgan fingerprint density at radius 1 is 1.00 bits per heavy atom. The van der Waals surface area contributed by atoms with Crippen LogP contribution >= 0.6 is 11.6 Å². The molecule has 8 heteroatoms. The van der Waals surface area contributed by atoms with Crippen LogP contribution in [0.4, 0.5) is 0 Å². The summed E-state index contributed by atoms with van der Waals surface area (Å²) in [6, 6.07) is 18.0. The molecule has 1 aliphatic heterocycles. The highest BCUT2D eigenvalue weighted by Gasteiger charge is 2.35. The second-order valence-electron chi connectivity index (χ2n) is 8.08. The molecule has 1 aliphatic rings. The number of furan rings is 1. The molecular formula is C28H23ClN2O5. The van der Waals surface area contributed by atoms with Crippen LogP contribution in [-0.2, 0) is 16.0 Å². The van der Waals surface area contributed by atoms with Crippen molar-refractivity contribution in [3.05, 3.63) is 87.7 Å². The molecule has 2 heterocycles. The Labute approximate surface area is 213 Å². The third-order valence-electron chi connectivity index (χ3n) is 5.94. The fraction of sp³-hybridized carbons (Fsp3) is 0.179. The number of hydrogen-bond donors (Lipinski definition) is 0. The molecule has 2 amide bonds. The number of methoxy groups -OCH3 is 2. The predicted octanol–water partition coefficient (Wildman–Crippen LogP) is 5.45. The van der Waals surface area contributed by atoms with Gasteiger partial charge in [0.2, 0.25) is 0 Å². The van der Waals surface area contributed by atoms with Crippen LogP contribution in [0.25, 0.3) is 17.4 Å². The number of amides is 2. The normalized spacial score (nSPS) is 14.9. The third kappa shape index (κ3) is 4.90. The van der Waals surface area contributed by atoms with E-state index in [9.17, 15) is 14.9 Å². The van der Waals surface area contributed by atoms with Gasteiger partial charge in [0.15, 0.2) is 11.5 Å². The quantitative estimate of drug-likeness (QED) is 0.315. The Bertz CT molecular complexity index is 1430. The minimum Gasteiger partial charge on any atom is -0.493 e. The Morgan fingerprint density at radius 3 is 2.39 bits per heavy atom. The fourth-order valence-corrected chi connectivity index (χ4v) is 4.08. The average Bonchev–Trinajstić information content (AvgIpc) is 3.35. The summed E-state index contributed by atoms with van der Waals surface area (Å²) in [5.74, 6) is 1.06. The van der Waals surface area contributed by atoms with Crippen molar-refractivity contribution >= 4 is 29.5 Å². The minimum absolute atomic E-state index is 0.0716. The maximum absolute atomic E-state index is 13.4. The first-order valence-electron chi connectivity index (χ1n) is 11.1. The van der Waals surface area contributed by atoms with Crippen molar-refractivity contribution in [2.24, 2.45) is 0 Å². The Hall–Kier alpha value is -4.28. The molecule has 0 unspecified atom stereocenters. The van der Waals surface area contributed by atoms with Crippen molar-refractivity contribution in [1.82, 2.24) is 4.90 Å². The van der Waals surface area contributed by atoms with Gasteiger partial charge in [-0.3, -0.25) is 14.5 Å². The van der Waals surface area contributed by atoms with Crippen LogP contribution in [0, 0.1) is 11.3 Å². The molecule has 0 saturated carbocycles. The van der Waals surface area contributed by atoms with E-state index in [-0.39, 0.29) is 17.7 Å². The van der Waals surface area contributed by atoms with Crippen LogP contribution in [0.3, 0.4) is 0 Å². The molecule has 0 aliphatic carbocycles. The number of nitriles is 1. The van der Waals surface area contributed by atoms with Gasteiger partial charge in [0, 0.05) is 22.7 Å². The van der Waals surface area contributed by atoms with Crippen LogP contribution in [0.15, 0.2) is 75.7 Å². The van der Waals surface area contributed by atoms with E-state index in [1.807, 2.05) is 24.3 Å². The van der Waals surface area contributed by atoms with Gasteiger partial charge in [0.1, 0.15) is 23.2 Å². The molecule has 0 saturated heterocycles. The van der Waals surface area contributed by atoms with Gasteiger partial charge < -0.3 is 13.9 Å². The molecule has 0 atom stereocenters. The molecule has 1 aromatic heterocycles. The third-order valence-corrected chi connectivity index (χ3v) is 6.19. The lowest BCUT2D eigenvalue weighted by Crippen LogP contribution is -2.43. The summed E-state index contributed by atoms with van der Waals surface area (Å²) in [5, 5.41) is 10.3. The van der Waals surface area contributed by atoms with Crippen molar-refractivity contribution in [2.75, 3.05) is 20.8 Å². The number of ether oxygens (including phenoxy) is 2. The number of carbonyl (C=O) groups is 2. The van der Waals surface area contributed by atoms with E-state index < -0.39 is 11.8 Å². The second kappa shape index (κ2) is 10.5. The molecule has 2 aromatic carbocycles. The number of halogens is 1. The zero-order valence-corrected chi connectivity index (χ0v) is 20.8. The maximum atomic E-state index is 13.4. The molecule has 0 fully saturated rings.